The molecule has 0 aliphatic carbocycles. The highest BCUT2D eigenvalue weighted by Crippen LogP contribution is 2.32. The fourth-order valence-corrected chi connectivity index (χ4v) is 2.43. The Balaban J connectivity index is 2.03. The average Bonchev–Trinajstić information content (AvgIpc) is 3.00. The van der Waals surface area contributed by atoms with Crippen LogP contribution < -0.4 is 4.74 Å². The van der Waals surface area contributed by atoms with Crippen LogP contribution in [0.25, 0.3) is 11.2 Å². The zero-order chi connectivity index (χ0) is 14.3. The molecule has 0 radical (unpaired) electrons. The van der Waals surface area contributed by atoms with Crippen LogP contribution >= 0.6 is 11.6 Å². The molecule has 2 aromatic rings. The highest BCUT2D eigenvalue weighted by Gasteiger charge is 2.35. The Hall–Kier alpha value is -1.48. The van der Waals surface area contributed by atoms with E-state index in [-0.39, 0.29) is 17.8 Å². The third-order valence-electron chi connectivity index (χ3n) is 3.25. The minimum Gasteiger partial charge on any atom is -0.479 e. The molecule has 3 atom stereocenters. The zero-order valence-electron chi connectivity index (χ0n) is 10.6. The van der Waals surface area contributed by atoms with Gasteiger partial charge in [0.05, 0.1) is 26.1 Å². The Morgan fingerprint density at radius 1 is 1.55 bits per heavy atom. The van der Waals surface area contributed by atoms with Gasteiger partial charge in [-0.2, -0.15) is 9.97 Å². The molecule has 8 nitrogen and oxygen atoms in total. The zero-order valence-corrected chi connectivity index (χ0v) is 11.4. The lowest BCUT2D eigenvalue weighted by Crippen LogP contribution is -2.24. The number of aromatic nitrogens is 4. The largest absolute Gasteiger partial charge is 0.479 e. The molecule has 3 rings (SSSR count). The molecule has 3 heterocycles. The monoisotopic (exact) mass is 300 g/mol. The Labute approximate surface area is 118 Å². The van der Waals surface area contributed by atoms with Crippen molar-refractivity contribution in [1.29, 1.82) is 0 Å². The van der Waals surface area contributed by atoms with E-state index in [2.05, 4.69) is 15.0 Å². The Morgan fingerprint density at radius 2 is 2.35 bits per heavy atom. The lowest BCUT2D eigenvalue weighted by Gasteiger charge is -2.13. The number of ether oxygens (including phenoxy) is 2. The molecule has 0 spiro atoms. The number of rotatable bonds is 3. The van der Waals surface area contributed by atoms with Gasteiger partial charge >= 0.3 is 0 Å². The maximum atomic E-state index is 9.78. The molecule has 1 aliphatic rings. The van der Waals surface area contributed by atoms with E-state index >= 15 is 0 Å². The smallest absolute Gasteiger partial charge is 0.246 e. The Morgan fingerprint density at radius 3 is 3.00 bits per heavy atom. The predicted octanol–water partition coefficient (Wildman–Crippen LogP) is 0.129. The van der Waals surface area contributed by atoms with Crippen LogP contribution in [0, 0.1) is 0 Å². The van der Waals surface area contributed by atoms with E-state index in [4.69, 9.17) is 26.2 Å². The highest BCUT2D eigenvalue weighted by atomic mass is 35.5. The van der Waals surface area contributed by atoms with E-state index in [1.165, 1.54) is 13.4 Å². The van der Waals surface area contributed by atoms with Gasteiger partial charge in [-0.25, -0.2) is 4.98 Å². The molecular weight excluding hydrogens is 288 g/mol. The third kappa shape index (κ3) is 2.10. The van der Waals surface area contributed by atoms with E-state index in [9.17, 15) is 5.11 Å². The summed E-state index contributed by atoms with van der Waals surface area (Å²) in [7, 11) is 1.47. The van der Waals surface area contributed by atoms with Gasteiger partial charge in [0.25, 0.3) is 0 Å². The molecule has 1 aliphatic heterocycles. The van der Waals surface area contributed by atoms with Crippen LogP contribution in [0.15, 0.2) is 6.33 Å². The number of fused-ring (bicyclic) bond motifs is 1. The molecular formula is C11H13ClN4O4. The van der Waals surface area contributed by atoms with E-state index in [1.807, 2.05) is 0 Å². The number of hydrogen-bond acceptors (Lipinski definition) is 7. The summed E-state index contributed by atoms with van der Waals surface area (Å²) in [6.07, 6.45) is 0.0387. The Kier molecular flexibility index (Phi) is 3.47. The van der Waals surface area contributed by atoms with Crippen LogP contribution in [-0.2, 0) is 4.74 Å². The SMILES string of the molecule is COc1nc(Cl)nc2c1ncn2[C@@H]1C[C@H](O)[C@@H](CO)O1. The molecule has 2 N–H and O–H groups in total. The third-order valence-corrected chi connectivity index (χ3v) is 3.42. The number of imidazole rings is 1. The molecule has 0 bridgehead atoms. The summed E-state index contributed by atoms with van der Waals surface area (Å²) >= 11 is 5.85. The second-order valence-electron chi connectivity index (χ2n) is 4.44. The summed E-state index contributed by atoms with van der Waals surface area (Å²) in [6.45, 7) is -0.247. The van der Waals surface area contributed by atoms with Crippen molar-refractivity contribution in [2.45, 2.75) is 24.9 Å². The van der Waals surface area contributed by atoms with Crippen molar-refractivity contribution in [3.8, 4) is 5.88 Å². The summed E-state index contributed by atoms with van der Waals surface area (Å²) in [5, 5.41) is 18.9. The van der Waals surface area contributed by atoms with Crippen molar-refractivity contribution in [3.05, 3.63) is 11.6 Å². The van der Waals surface area contributed by atoms with Crippen LogP contribution in [0.5, 0.6) is 5.88 Å². The molecule has 2 aromatic heterocycles. The molecule has 9 heteroatoms. The first-order valence-corrected chi connectivity index (χ1v) is 6.40. The van der Waals surface area contributed by atoms with Gasteiger partial charge < -0.3 is 19.7 Å². The van der Waals surface area contributed by atoms with Crippen molar-refractivity contribution in [3.63, 3.8) is 0 Å². The molecule has 0 amide bonds. The van der Waals surface area contributed by atoms with Crippen molar-refractivity contribution in [2.75, 3.05) is 13.7 Å². The van der Waals surface area contributed by atoms with Gasteiger partial charge in [-0.3, -0.25) is 4.57 Å². The van der Waals surface area contributed by atoms with E-state index in [0.717, 1.165) is 0 Å². The first-order chi connectivity index (χ1) is 9.63. The van der Waals surface area contributed by atoms with Gasteiger partial charge in [0.2, 0.25) is 11.2 Å². The number of aliphatic hydroxyl groups is 2. The minimum atomic E-state index is -0.735. The van der Waals surface area contributed by atoms with E-state index in [0.29, 0.717) is 17.6 Å². The first kappa shape index (κ1) is 13.5. The molecule has 0 unspecified atom stereocenters. The molecule has 1 saturated heterocycles. The fraction of sp³-hybridized carbons (Fsp3) is 0.545. The topological polar surface area (TPSA) is 103 Å². The van der Waals surface area contributed by atoms with Crippen LogP contribution in [0.4, 0.5) is 0 Å². The van der Waals surface area contributed by atoms with Gasteiger partial charge in [0, 0.05) is 6.42 Å². The number of hydrogen-bond donors (Lipinski definition) is 2. The maximum Gasteiger partial charge on any atom is 0.246 e. The summed E-state index contributed by atoms with van der Waals surface area (Å²) in [4.78, 5) is 12.2. The van der Waals surface area contributed by atoms with Gasteiger partial charge in [-0.1, -0.05) is 0 Å². The van der Waals surface area contributed by atoms with Crippen LogP contribution in [0.2, 0.25) is 5.28 Å². The Bertz CT molecular complexity index is 634. The summed E-state index contributed by atoms with van der Waals surface area (Å²) in [6, 6.07) is 0. The molecule has 20 heavy (non-hydrogen) atoms. The number of aliphatic hydroxyl groups excluding tert-OH is 2. The van der Waals surface area contributed by atoms with E-state index < -0.39 is 18.4 Å². The van der Waals surface area contributed by atoms with Gasteiger partial charge in [0.1, 0.15) is 12.3 Å². The molecule has 0 saturated carbocycles. The predicted molar refractivity (Wildman–Crippen MR) is 68.5 cm³/mol. The van der Waals surface area contributed by atoms with Gasteiger partial charge in [-0.05, 0) is 11.6 Å². The standard InChI is InChI=1S/C11H13ClN4O4/c1-19-10-8-9(14-11(12)15-10)16(4-13-8)7-2-5(18)6(3-17)20-7/h4-7,17-18H,2-3H2,1H3/t5-,6+,7-/m0/s1. The molecule has 0 aromatic carbocycles. The number of halogens is 1. The van der Waals surface area contributed by atoms with Crippen molar-refractivity contribution in [1.82, 2.24) is 19.5 Å². The van der Waals surface area contributed by atoms with E-state index in [1.54, 1.807) is 4.57 Å². The van der Waals surface area contributed by atoms with Crippen LogP contribution in [0.1, 0.15) is 12.6 Å². The summed E-state index contributed by atoms with van der Waals surface area (Å²) in [5.41, 5.74) is 0.917. The quantitative estimate of drug-likeness (QED) is 0.777. The van der Waals surface area contributed by atoms with Crippen LogP contribution in [0.3, 0.4) is 0 Å². The second kappa shape index (κ2) is 5.13. The van der Waals surface area contributed by atoms with Gasteiger partial charge in [0.15, 0.2) is 11.2 Å². The number of methoxy groups -OCH3 is 1. The summed E-state index contributed by atoms with van der Waals surface area (Å²) in [5.74, 6) is 0.274. The normalized spacial score (nSPS) is 26.3. The first-order valence-electron chi connectivity index (χ1n) is 6.02. The highest BCUT2D eigenvalue weighted by molar-refractivity contribution is 6.28. The molecule has 108 valence electrons. The lowest BCUT2D eigenvalue weighted by molar-refractivity contribution is -0.0432. The second-order valence-corrected chi connectivity index (χ2v) is 4.78. The minimum absolute atomic E-state index is 0.0355. The maximum absolute atomic E-state index is 9.78. The fourth-order valence-electron chi connectivity index (χ4n) is 2.27. The average molecular weight is 301 g/mol. The lowest BCUT2D eigenvalue weighted by atomic mass is 10.2. The molecule has 1 fully saturated rings. The number of nitrogens with zero attached hydrogens (tertiary/aromatic N) is 4. The van der Waals surface area contributed by atoms with Crippen molar-refractivity contribution >= 4 is 22.8 Å². The van der Waals surface area contributed by atoms with Crippen molar-refractivity contribution in [2.24, 2.45) is 0 Å². The van der Waals surface area contributed by atoms with Crippen LogP contribution in [-0.4, -0.2) is 55.7 Å². The summed E-state index contributed by atoms with van der Waals surface area (Å²) < 4.78 is 12.3. The van der Waals surface area contributed by atoms with Gasteiger partial charge in [-0.15, -0.1) is 0 Å². The van der Waals surface area contributed by atoms with Crippen molar-refractivity contribution < 1.29 is 19.7 Å².